The summed E-state index contributed by atoms with van der Waals surface area (Å²) in [7, 11) is 0. The first kappa shape index (κ1) is 9.82. The Morgan fingerprint density at radius 2 is 2.00 bits per heavy atom. The highest BCUT2D eigenvalue weighted by Crippen LogP contribution is 2.34. The Labute approximate surface area is 86.5 Å². The lowest BCUT2D eigenvalue weighted by atomic mass is 9.85. The van der Waals surface area contributed by atoms with Crippen LogP contribution in [0, 0.1) is 6.26 Å². The maximum atomic E-state index is 5.45. The summed E-state index contributed by atoms with van der Waals surface area (Å²) in [6.07, 6.45) is 9.90. The fraction of sp³-hybridized carbons (Fsp3) is 0.692. The van der Waals surface area contributed by atoms with E-state index in [1.807, 2.05) is 0 Å². The van der Waals surface area contributed by atoms with E-state index in [2.05, 4.69) is 26.2 Å². The number of furan rings is 1. The predicted molar refractivity (Wildman–Crippen MR) is 57.5 cm³/mol. The van der Waals surface area contributed by atoms with Gasteiger partial charge in [-0.15, -0.1) is 0 Å². The van der Waals surface area contributed by atoms with Gasteiger partial charge >= 0.3 is 0 Å². The van der Waals surface area contributed by atoms with E-state index < -0.39 is 0 Å². The molecule has 0 atom stereocenters. The van der Waals surface area contributed by atoms with Crippen molar-refractivity contribution < 1.29 is 4.42 Å². The van der Waals surface area contributed by atoms with Gasteiger partial charge in [-0.2, -0.15) is 0 Å². The van der Waals surface area contributed by atoms with E-state index in [1.54, 1.807) is 0 Å². The molecule has 1 aromatic heterocycles. The van der Waals surface area contributed by atoms with Crippen LogP contribution in [0.2, 0.25) is 0 Å². The van der Waals surface area contributed by atoms with E-state index in [4.69, 9.17) is 4.42 Å². The first-order valence-corrected chi connectivity index (χ1v) is 5.78. The summed E-state index contributed by atoms with van der Waals surface area (Å²) in [6, 6.07) is 2.21. The van der Waals surface area contributed by atoms with Crippen LogP contribution in [0.1, 0.15) is 69.1 Å². The normalized spacial score (nSPS) is 19.1. The largest absolute Gasteiger partial charge is 0.457 e. The Bertz CT molecular complexity index is 279. The van der Waals surface area contributed by atoms with Crippen molar-refractivity contribution in [3.8, 4) is 0 Å². The molecule has 1 fully saturated rings. The third kappa shape index (κ3) is 2.02. The second-order valence-corrected chi connectivity index (χ2v) is 4.70. The Kier molecular flexibility index (Phi) is 2.95. The molecule has 77 valence electrons. The molecule has 0 N–H and O–H groups in total. The number of rotatable bonds is 2. The van der Waals surface area contributed by atoms with Crippen molar-refractivity contribution in [2.45, 2.75) is 57.8 Å². The summed E-state index contributed by atoms with van der Waals surface area (Å²) in [5.74, 6) is 2.30. The molecule has 0 bridgehead atoms. The van der Waals surface area contributed by atoms with Crippen molar-refractivity contribution in [1.82, 2.24) is 0 Å². The van der Waals surface area contributed by atoms with Crippen LogP contribution in [0.4, 0.5) is 0 Å². The van der Waals surface area contributed by atoms with Crippen LogP contribution in [-0.2, 0) is 0 Å². The number of hydrogen-bond acceptors (Lipinski definition) is 1. The minimum Gasteiger partial charge on any atom is -0.457 e. The number of hydrogen-bond donors (Lipinski definition) is 0. The molecule has 0 saturated heterocycles. The molecule has 14 heavy (non-hydrogen) atoms. The van der Waals surface area contributed by atoms with Gasteiger partial charge in [0.1, 0.15) is 5.76 Å². The molecule has 0 spiro atoms. The van der Waals surface area contributed by atoms with Crippen LogP contribution in [0.3, 0.4) is 0 Å². The maximum absolute atomic E-state index is 5.45. The van der Waals surface area contributed by atoms with Crippen molar-refractivity contribution in [3.63, 3.8) is 0 Å². The predicted octanol–water partition coefficient (Wildman–Crippen LogP) is 4.25. The van der Waals surface area contributed by atoms with Gasteiger partial charge < -0.3 is 4.42 Å². The molecule has 2 rings (SSSR count). The van der Waals surface area contributed by atoms with E-state index in [9.17, 15) is 0 Å². The zero-order valence-corrected chi connectivity index (χ0v) is 9.18. The lowest BCUT2D eigenvalue weighted by Crippen LogP contribution is -2.03. The van der Waals surface area contributed by atoms with Gasteiger partial charge in [0.2, 0.25) is 0 Å². The van der Waals surface area contributed by atoms with E-state index in [-0.39, 0.29) is 0 Å². The summed E-state index contributed by atoms with van der Waals surface area (Å²) < 4.78 is 5.45. The van der Waals surface area contributed by atoms with Crippen LogP contribution in [0.5, 0.6) is 0 Å². The summed E-state index contributed by atoms with van der Waals surface area (Å²) in [4.78, 5) is 0. The topological polar surface area (TPSA) is 13.1 Å². The summed E-state index contributed by atoms with van der Waals surface area (Å²) in [6.45, 7) is 4.33. The Hall–Kier alpha value is -0.720. The van der Waals surface area contributed by atoms with Gasteiger partial charge in [0.25, 0.3) is 0 Å². The molecule has 0 unspecified atom stereocenters. The summed E-state index contributed by atoms with van der Waals surface area (Å²) in [5.41, 5.74) is 1.31. The zero-order valence-electron chi connectivity index (χ0n) is 9.18. The van der Waals surface area contributed by atoms with Gasteiger partial charge in [0.05, 0.1) is 0 Å². The van der Waals surface area contributed by atoms with Crippen molar-refractivity contribution in [1.29, 1.82) is 0 Å². The van der Waals surface area contributed by atoms with Crippen molar-refractivity contribution in [2.75, 3.05) is 0 Å². The lowest BCUT2D eigenvalue weighted by molar-refractivity contribution is 0.434. The van der Waals surface area contributed by atoms with Crippen LogP contribution in [-0.4, -0.2) is 0 Å². The molecular weight excluding hydrogens is 172 g/mol. The smallest absolute Gasteiger partial charge is 0.173 e. The average molecular weight is 191 g/mol. The van der Waals surface area contributed by atoms with Crippen molar-refractivity contribution in [3.05, 3.63) is 23.7 Å². The van der Waals surface area contributed by atoms with Crippen LogP contribution in [0.15, 0.2) is 10.5 Å². The van der Waals surface area contributed by atoms with Gasteiger partial charge in [-0.05, 0) is 24.8 Å². The standard InChI is InChI=1S/C13H19O/c1-10(2)13-8-12(9-14-13)11-6-4-3-5-7-11/h8,10-11H,3-7H2,1-2H3. The molecule has 1 heterocycles. The van der Waals surface area contributed by atoms with Gasteiger partial charge in [-0.3, -0.25) is 0 Å². The highest BCUT2D eigenvalue weighted by atomic mass is 16.3. The van der Waals surface area contributed by atoms with Gasteiger partial charge in [0.15, 0.2) is 6.26 Å². The molecular formula is C13H19O. The van der Waals surface area contributed by atoms with Gasteiger partial charge in [-0.25, -0.2) is 0 Å². The SMILES string of the molecule is CC(C)c1cc(C2CCCCC2)[c]o1. The lowest BCUT2D eigenvalue weighted by Gasteiger charge is -2.19. The van der Waals surface area contributed by atoms with Crippen LogP contribution in [0.25, 0.3) is 0 Å². The van der Waals surface area contributed by atoms with Crippen molar-refractivity contribution in [2.24, 2.45) is 0 Å². The fourth-order valence-corrected chi connectivity index (χ4v) is 2.23. The van der Waals surface area contributed by atoms with E-state index >= 15 is 0 Å². The summed E-state index contributed by atoms with van der Waals surface area (Å²) in [5, 5.41) is 0. The third-order valence-corrected chi connectivity index (χ3v) is 3.20. The van der Waals surface area contributed by atoms with Crippen LogP contribution >= 0.6 is 0 Å². The minimum absolute atomic E-state index is 0.489. The zero-order chi connectivity index (χ0) is 9.97. The van der Waals surface area contributed by atoms with E-state index in [1.165, 1.54) is 37.7 Å². The van der Waals surface area contributed by atoms with E-state index in [0.717, 1.165) is 11.7 Å². The third-order valence-electron chi connectivity index (χ3n) is 3.20. The second-order valence-electron chi connectivity index (χ2n) is 4.70. The van der Waals surface area contributed by atoms with Crippen LogP contribution < -0.4 is 0 Å². The quantitative estimate of drug-likeness (QED) is 0.681. The Balaban J connectivity index is 2.07. The maximum Gasteiger partial charge on any atom is 0.173 e. The Morgan fingerprint density at radius 1 is 1.29 bits per heavy atom. The second kappa shape index (κ2) is 4.20. The molecule has 1 nitrogen and oxygen atoms in total. The highest BCUT2D eigenvalue weighted by molar-refractivity contribution is 5.18. The molecule has 0 aliphatic heterocycles. The molecule has 1 saturated carbocycles. The highest BCUT2D eigenvalue weighted by Gasteiger charge is 2.18. The molecule has 1 aliphatic rings. The molecule has 0 amide bonds. The molecule has 1 heteroatoms. The average Bonchev–Trinajstić information content (AvgIpc) is 2.68. The molecule has 1 aromatic rings. The first-order valence-electron chi connectivity index (χ1n) is 5.78. The molecule has 1 aliphatic carbocycles. The first-order chi connectivity index (χ1) is 6.77. The Morgan fingerprint density at radius 3 is 2.57 bits per heavy atom. The van der Waals surface area contributed by atoms with Gasteiger partial charge in [-0.1, -0.05) is 33.1 Å². The monoisotopic (exact) mass is 191 g/mol. The fourth-order valence-electron chi connectivity index (χ4n) is 2.23. The minimum atomic E-state index is 0.489. The molecule has 1 radical (unpaired) electrons. The van der Waals surface area contributed by atoms with E-state index in [0.29, 0.717) is 5.92 Å². The summed E-state index contributed by atoms with van der Waals surface area (Å²) >= 11 is 0. The van der Waals surface area contributed by atoms with Crippen molar-refractivity contribution >= 4 is 0 Å². The van der Waals surface area contributed by atoms with Gasteiger partial charge in [0, 0.05) is 11.5 Å². The molecule has 0 aromatic carbocycles.